The summed E-state index contributed by atoms with van der Waals surface area (Å²) in [5, 5.41) is 6.85. The number of nitrogens with zero attached hydrogens (tertiary/aromatic N) is 1. The molecule has 10 heteroatoms. The molecule has 0 radical (unpaired) electrons. The number of hydrogen-bond donors (Lipinski definition) is 2. The van der Waals surface area contributed by atoms with Crippen LogP contribution in [0.4, 0.5) is 16.2 Å². The minimum atomic E-state index is -0.540. The summed E-state index contributed by atoms with van der Waals surface area (Å²) < 4.78 is 10.8. The molecule has 4 aromatic rings. The Kier molecular flexibility index (Phi) is 8.31. The number of carbonyl (C=O) groups excluding carboxylic acids is 4. The molecule has 1 fully saturated rings. The van der Waals surface area contributed by atoms with Crippen LogP contribution in [0.2, 0.25) is 0 Å². The van der Waals surface area contributed by atoms with Gasteiger partial charge in [0, 0.05) is 11.1 Å². The number of carbonyl (C=O) groups is 4. The normalized spacial score (nSPS) is 13.9. The van der Waals surface area contributed by atoms with Crippen molar-refractivity contribution in [2.75, 3.05) is 30.9 Å². The van der Waals surface area contributed by atoms with Crippen molar-refractivity contribution in [1.29, 1.82) is 0 Å². The molecule has 5 rings (SSSR count). The van der Waals surface area contributed by atoms with Gasteiger partial charge in [-0.3, -0.25) is 24.1 Å². The quantitative estimate of drug-likeness (QED) is 0.255. The van der Waals surface area contributed by atoms with Gasteiger partial charge in [-0.1, -0.05) is 60.7 Å². The average molecular weight is 568 g/mol. The van der Waals surface area contributed by atoms with Gasteiger partial charge >= 0.3 is 0 Å². The van der Waals surface area contributed by atoms with Crippen LogP contribution in [0.1, 0.15) is 5.56 Å². The number of benzene rings is 4. The van der Waals surface area contributed by atoms with Gasteiger partial charge in [0.15, 0.2) is 6.61 Å². The van der Waals surface area contributed by atoms with E-state index in [9.17, 15) is 19.2 Å². The predicted molar refractivity (Wildman–Crippen MR) is 159 cm³/mol. The highest BCUT2D eigenvalue weighted by Gasteiger charge is 2.36. The Morgan fingerprint density at radius 3 is 2.32 bits per heavy atom. The third-order valence-electron chi connectivity index (χ3n) is 6.17. The van der Waals surface area contributed by atoms with E-state index in [-0.39, 0.29) is 17.4 Å². The number of rotatable bonds is 9. The number of nitrogens with one attached hydrogen (secondary N) is 2. The minimum absolute atomic E-state index is 0.206. The van der Waals surface area contributed by atoms with Crippen LogP contribution in [-0.2, 0) is 14.4 Å². The number of para-hydroxylation sites is 2. The van der Waals surface area contributed by atoms with E-state index in [1.165, 1.54) is 7.11 Å². The molecule has 1 aliphatic heterocycles. The fourth-order valence-electron chi connectivity index (χ4n) is 4.20. The first-order chi connectivity index (χ1) is 19.9. The maximum atomic E-state index is 12.9. The number of ether oxygens (including phenoxy) is 2. The Morgan fingerprint density at radius 1 is 0.829 bits per heavy atom. The first-order valence-electron chi connectivity index (χ1n) is 12.6. The molecule has 0 aliphatic carbocycles. The average Bonchev–Trinajstić information content (AvgIpc) is 3.24. The van der Waals surface area contributed by atoms with Gasteiger partial charge in [-0.05, 0) is 59.1 Å². The number of fused-ring (bicyclic) bond motifs is 1. The highest BCUT2D eigenvalue weighted by molar-refractivity contribution is 8.18. The summed E-state index contributed by atoms with van der Waals surface area (Å²) in [4.78, 5) is 51.6. The zero-order chi connectivity index (χ0) is 28.8. The largest absolute Gasteiger partial charge is 0.495 e. The summed E-state index contributed by atoms with van der Waals surface area (Å²) in [6, 6.07) is 26.9. The van der Waals surface area contributed by atoms with Crippen molar-refractivity contribution < 1.29 is 28.7 Å². The van der Waals surface area contributed by atoms with Crippen molar-refractivity contribution in [2.45, 2.75) is 0 Å². The van der Waals surface area contributed by atoms with Crippen LogP contribution in [0.25, 0.3) is 16.8 Å². The van der Waals surface area contributed by atoms with Gasteiger partial charge in [0.2, 0.25) is 5.91 Å². The summed E-state index contributed by atoms with van der Waals surface area (Å²) >= 11 is 0.774. The van der Waals surface area contributed by atoms with Crippen molar-refractivity contribution >= 4 is 62.9 Å². The smallest absolute Gasteiger partial charge is 0.294 e. The zero-order valence-corrected chi connectivity index (χ0v) is 22.8. The van der Waals surface area contributed by atoms with Crippen LogP contribution in [0.15, 0.2) is 95.9 Å². The van der Waals surface area contributed by atoms with Crippen LogP contribution >= 0.6 is 11.8 Å². The summed E-state index contributed by atoms with van der Waals surface area (Å²) in [5.41, 5.74) is 1.80. The van der Waals surface area contributed by atoms with E-state index in [0.717, 1.165) is 27.4 Å². The molecule has 0 spiro atoms. The Bertz CT molecular complexity index is 1660. The van der Waals surface area contributed by atoms with Gasteiger partial charge in [0.25, 0.3) is 17.1 Å². The molecule has 0 unspecified atom stereocenters. The van der Waals surface area contributed by atoms with Crippen LogP contribution in [0, 0.1) is 0 Å². The number of amides is 4. The molecule has 206 valence electrons. The lowest BCUT2D eigenvalue weighted by Gasteiger charge is -2.13. The highest BCUT2D eigenvalue weighted by Crippen LogP contribution is 2.32. The van der Waals surface area contributed by atoms with Crippen LogP contribution in [-0.4, -0.2) is 48.1 Å². The van der Waals surface area contributed by atoms with Crippen LogP contribution in [0.5, 0.6) is 11.5 Å². The fourth-order valence-corrected chi connectivity index (χ4v) is 5.04. The summed E-state index contributed by atoms with van der Waals surface area (Å²) in [5.74, 6) is -0.366. The molecule has 0 aromatic heterocycles. The second kappa shape index (κ2) is 12.4. The maximum Gasteiger partial charge on any atom is 0.294 e. The number of hydrogen-bond acceptors (Lipinski definition) is 7. The van der Waals surface area contributed by atoms with Crippen molar-refractivity contribution in [3.05, 3.63) is 101 Å². The van der Waals surface area contributed by atoms with Crippen molar-refractivity contribution in [1.82, 2.24) is 4.90 Å². The van der Waals surface area contributed by atoms with Gasteiger partial charge in [0.1, 0.15) is 18.0 Å². The van der Waals surface area contributed by atoms with E-state index >= 15 is 0 Å². The van der Waals surface area contributed by atoms with E-state index in [1.807, 2.05) is 36.4 Å². The molecule has 4 aromatic carbocycles. The molecule has 0 saturated carbocycles. The lowest BCUT2D eigenvalue weighted by Crippen LogP contribution is -2.36. The van der Waals surface area contributed by atoms with Gasteiger partial charge in [-0.2, -0.15) is 0 Å². The Hall–Kier alpha value is -5.09. The van der Waals surface area contributed by atoms with Crippen LogP contribution < -0.4 is 20.1 Å². The number of imide groups is 1. The molecular weight excluding hydrogens is 542 g/mol. The maximum absolute atomic E-state index is 12.9. The second-order valence-corrected chi connectivity index (χ2v) is 9.94. The highest BCUT2D eigenvalue weighted by atomic mass is 32.2. The molecule has 41 heavy (non-hydrogen) atoms. The van der Waals surface area contributed by atoms with Gasteiger partial charge in [0.05, 0.1) is 17.7 Å². The fraction of sp³-hybridized carbons (Fsp3) is 0.0968. The summed E-state index contributed by atoms with van der Waals surface area (Å²) in [7, 11) is 1.52. The molecular formula is C31H25N3O6S. The molecule has 9 nitrogen and oxygen atoms in total. The van der Waals surface area contributed by atoms with Crippen molar-refractivity contribution in [3.8, 4) is 11.5 Å². The monoisotopic (exact) mass is 567 g/mol. The lowest BCUT2D eigenvalue weighted by atomic mass is 10.1. The van der Waals surface area contributed by atoms with Gasteiger partial charge in [-0.15, -0.1) is 0 Å². The van der Waals surface area contributed by atoms with Gasteiger partial charge in [-0.25, -0.2) is 0 Å². The Balaban J connectivity index is 1.16. The standard InChI is InChI=1S/C31H25N3O6S/c1-39-26-12-5-4-10-25(26)33-29(36)19-40-22-15-13-20(14-16-22)17-27-30(37)34(31(38)41-27)18-28(35)32-24-11-6-8-21-7-2-3-9-23(21)24/h2-17H,18-19H2,1H3,(H,32,35)(H,33,36)/b27-17-. The third-order valence-corrected chi connectivity index (χ3v) is 7.08. The summed E-state index contributed by atoms with van der Waals surface area (Å²) in [6.45, 7) is -0.605. The van der Waals surface area contributed by atoms with E-state index in [0.29, 0.717) is 28.4 Å². The van der Waals surface area contributed by atoms with E-state index < -0.39 is 23.6 Å². The topological polar surface area (TPSA) is 114 Å². The van der Waals surface area contributed by atoms with E-state index in [1.54, 1.807) is 60.7 Å². The zero-order valence-electron chi connectivity index (χ0n) is 22.0. The number of thioether (sulfide) groups is 1. The molecule has 0 bridgehead atoms. The lowest BCUT2D eigenvalue weighted by molar-refractivity contribution is -0.127. The molecule has 0 atom stereocenters. The second-order valence-electron chi connectivity index (χ2n) is 8.95. The van der Waals surface area contributed by atoms with Crippen molar-refractivity contribution in [2.24, 2.45) is 0 Å². The first kappa shape index (κ1) is 27.5. The number of anilines is 2. The van der Waals surface area contributed by atoms with E-state index in [2.05, 4.69) is 10.6 Å². The SMILES string of the molecule is COc1ccccc1NC(=O)COc1ccc(/C=C2\SC(=O)N(CC(=O)Nc3cccc4ccccc34)C2=O)cc1. The van der Waals surface area contributed by atoms with Crippen molar-refractivity contribution in [3.63, 3.8) is 0 Å². The first-order valence-corrected chi connectivity index (χ1v) is 13.4. The van der Waals surface area contributed by atoms with Gasteiger partial charge < -0.3 is 20.1 Å². The number of methoxy groups -OCH3 is 1. The molecule has 2 N–H and O–H groups in total. The molecule has 1 aliphatic rings. The Labute approximate surface area is 240 Å². The predicted octanol–water partition coefficient (Wildman–Crippen LogP) is 5.54. The molecule has 1 heterocycles. The molecule has 4 amide bonds. The third kappa shape index (κ3) is 6.56. The van der Waals surface area contributed by atoms with E-state index in [4.69, 9.17) is 9.47 Å². The minimum Gasteiger partial charge on any atom is -0.495 e. The molecule has 1 saturated heterocycles. The van der Waals surface area contributed by atoms with Crippen LogP contribution in [0.3, 0.4) is 0 Å². The Morgan fingerprint density at radius 2 is 1.51 bits per heavy atom. The summed E-state index contributed by atoms with van der Waals surface area (Å²) in [6.07, 6.45) is 1.58.